The molecule has 0 unspecified atom stereocenters. The van der Waals surface area contributed by atoms with Crippen molar-refractivity contribution in [2.45, 2.75) is 44.2 Å². The lowest BCUT2D eigenvalue weighted by Gasteiger charge is -2.34. The van der Waals surface area contributed by atoms with E-state index in [-0.39, 0.29) is 11.9 Å². The number of aliphatic hydroxyl groups excluding tert-OH is 1. The molecule has 2 aliphatic carbocycles. The molecule has 1 saturated heterocycles. The zero-order valence-corrected chi connectivity index (χ0v) is 17.4. The smallest absolute Gasteiger partial charge is 0.274 e. The molecule has 3 aromatic heterocycles. The van der Waals surface area contributed by atoms with Crippen LogP contribution >= 0.6 is 11.3 Å². The Kier molecular flexibility index (Phi) is 4.28. The number of hydrogen-bond donors (Lipinski definition) is 2. The van der Waals surface area contributed by atoms with Gasteiger partial charge in [-0.15, -0.1) is 16.4 Å². The highest BCUT2D eigenvalue weighted by Crippen LogP contribution is 2.42. The minimum absolute atomic E-state index is 0.0376. The fourth-order valence-electron chi connectivity index (χ4n) is 5.48. The standard InChI is InChI=1S/C21H24N6O2S/c28-18-8-13-10-26(21(29)20-14-3-1-4-15(14)22-24-20)9-12(13)7-17(18)27-11-16(23-25-27)19-5-2-6-30-19/h2,5-6,11-13,17-18,28H,1,3-4,7-10H2,(H,22,24)/t12-,13+,17-,18-/m1/s1. The monoisotopic (exact) mass is 424 g/mol. The molecular formula is C21H24N6O2S. The number of thiophene rings is 1. The topological polar surface area (TPSA) is 99.9 Å². The maximum atomic E-state index is 13.1. The second-order valence-corrected chi connectivity index (χ2v) is 9.73. The van der Waals surface area contributed by atoms with Gasteiger partial charge in [0.2, 0.25) is 0 Å². The minimum atomic E-state index is -0.478. The van der Waals surface area contributed by atoms with Gasteiger partial charge in [-0.05, 0) is 55.4 Å². The maximum absolute atomic E-state index is 13.1. The largest absolute Gasteiger partial charge is 0.391 e. The molecule has 0 aromatic carbocycles. The van der Waals surface area contributed by atoms with Gasteiger partial charge in [0.25, 0.3) is 5.91 Å². The van der Waals surface area contributed by atoms with E-state index in [1.807, 2.05) is 33.3 Å². The van der Waals surface area contributed by atoms with Crippen LogP contribution in [0.5, 0.6) is 0 Å². The van der Waals surface area contributed by atoms with Crippen LogP contribution in [0.25, 0.3) is 10.6 Å². The van der Waals surface area contributed by atoms with E-state index >= 15 is 0 Å². The molecular weight excluding hydrogens is 400 g/mol. The second-order valence-electron chi connectivity index (χ2n) is 8.78. The van der Waals surface area contributed by atoms with Crippen molar-refractivity contribution in [2.75, 3.05) is 13.1 Å². The second kappa shape index (κ2) is 7.02. The molecule has 0 radical (unpaired) electrons. The Morgan fingerprint density at radius 3 is 2.93 bits per heavy atom. The van der Waals surface area contributed by atoms with E-state index in [0.717, 1.165) is 54.1 Å². The molecule has 3 aliphatic rings. The average Bonchev–Trinajstić information content (AvgIpc) is 3.55. The zero-order chi connectivity index (χ0) is 20.2. The molecule has 2 fully saturated rings. The number of aromatic nitrogens is 5. The number of carbonyl (C=O) groups excluding carboxylic acids is 1. The molecule has 4 atom stereocenters. The van der Waals surface area contributed by atoms with E-state index in [1.165, 1.54) is 0 Å². The summed E-state index contributed by atoms with van der Waals surface area (Å²) < 4.78 is 1.82. The molecule has 156 valence electrons. The number of hydrogen-bond acceptors (Lipinski definition) is 6. The number of rotatable bonds is 3. The van der Waals surface area contributed by atoms with Gasteiger partial charge < -0.3 is 10.0 Å². The van der Waals surface area contributed by atoms with Crippen molar-refractivity contribution in [3.8, 4) is 10.6 Å². The number of aryl methyl sites for hydroxylation is 1. The van der Waals surface area contributed by atoms with Crippen LogP contribution in [0.1, 0.15) is 47.1 Å². The Bertz CT molecular complexity index is 1070. The molecule has 9 heteroatoms. The van der Waals surface area contributed by atoms with Gasteiger partial charge in [0, 0.05) is 24.3 Å². The first-order chi connectivity index (χ1) is 14.7. The Morgan fingerprint density at radius 1 is 1.23 bits per heavy atom. The highest BCUT2D eigenvalue weighted by Gasteiger charge is 2.44. The number of likely N-dealkylation sites (tertiary alicyclic amines) is 1. The number of aliphatic hydroxyl groups is 1. The molecule has 8 nitrogen and oxygen atoms in total. The summed E-state index contributed by atoms with van der Waals surface area (Å²) in [5.74, 6) is 0.729. The minimum Gasteiger partial charge on any atom is -0.391 e. The summed E-state index contributed by atoms with van der Waals surface area (Å²) in [5.41, 5.74) is 3.68. The van der Waals surface area contributed by atoms with Gasteiger partial charge in [-0.1, -0.05) is 11.3 Å². The van der Waals surface area contributed by atoms with Crippen LogP contribution in [0.15, 0.2) is 23.7 Å². The van der Waals surface area contributed by atoms with Gasteiger partial charge in [0.15, 0.2) is 5.69 Å². The molecule has 0 spiro atoms. The van der Waals surface area contributed by atoms with E-state index in [2.05, 4.69) is 20.5 Å². The normalized spacial score (nSPS) is 28.0. The van der Waals surface area contributed by atoms with Crippen molar-refractivity contribution in [1.29, 1.82) is 0 Å². The molecule has 2 N–H and O–H groups in total. The number of fused-ring (bicyclic) bond motifs is 2. The van der Waals surface area contributed by atoms with Crippen molar-refractivity contribution in [2.24, 2.45) is 11.8 Å². The van der Waals surface area contributed by atoms with Gasteiger partial charge >= 0.3 is 0 Å². The number of H-pyrrole nitrogens is 1. The van der Waals surface area contributed by atoms with Gasteiger partial charge in [-0.3, -0.25) is 9.89 Å². The predicted molar refractivity (Wildman–Crippen MR) is 111 cm³/mol. The summed E-state index contributed by atoms with van der Waals surface area (Å²) in [6, 6.07) is 3.92. The number of amides is 1. The highest BCUT2D eigenvalue weighted by atomic mass is 32.1. The van der Waals surface area contributed by atoms with Crippen molar-refractivity contribution >= 4 is 17.2 Å². The van der Waals surface area contributed by atoms with Gasteiger partial charge in [0.05, 0.1) is 23.2 Å². The first-order valence-electron chi connectivity index (χ1n) is 10.7. The molecule has 3 aromatic rings. The van der Waals surface area contributed by atoms with Crippen LogP contribution in [0, 0.1) is 11.8 Å². The molecule has 1 amide bonds. The van der Waals surface area contributed by atoms with Crippen LogP contribution in [-0.2, 0) is 12.8 Å². The van der Waals surface area contributed by atoms with Gasteiger partial charge in [-0.25, -0.2) is 4.68 Å². The lowest BCUT2D eigenvalue weighted by molar-refractivity contribution is 0.0298. The number of carbonyl (C=O) groups is 1. The summed E-state index contributed by atoms with van der Waals surface area (Å²) in [5, 5.41) is 28.8. The third-order valence-corrected chi connectivity index (χ3v) is 7.92. The Balaban J connectivity index is 1.18. The van der Waals surface area contributed by atoms with E-state index in [9.17, 15) is 9.90 Å². The first kappa shape index (κ1) is 18.3. The highest BCUT2D eigenvalue weighted by molar-refractivity contribution is 7.13. The molecule has 1 saturated carbocycles. The SMILES string of the molecule is O=C(c1n[nH]c2c1CCC2)N1C[C@H]2C[C@@H](n3cc(-c4cccs4)nn3)[C@H](O)C[C@H]2C1. The Morgan fingerprint density at radius 2 is 2.10 bits per heavy atom. The van der Waals surface area contributed by atoms with Crippen LogP contribution < -0.4 is 0 Å². The van der Waals surface area contributed by atoms with E-state index in [4.69, 9.17) is 0 Å². The Labute approximate surface area is 177 Å². The molecule has 6 rings (SSSR count). The van der Waals surface area contributed by atoms with E-state index in [1.54, 1.807) is 11.3 Å². The third-order valence-electron chi connectivity index (χ3n) is 7.03. The van der Waals surface area contributed by atoms with Gasteiger partial charge in [0.1, 0.15) is 5.69 Å². The summed E-state index contributed by atoms with van der Waals surface area (Å²) in [6.07, 6.45) is 5.97. The summed E-state index contributed by atoms with van der Waals surface area (Å²) in [4.78, 5) is 16.2. The number of nitrogens with zero attached hydrogens (tertiary/aromatic N) is 5. The zero-order valence-electron chi connectivity index (χ0n) is 16.6. The molecule has 30 heavy (non-hydrogen) atoms. The van der Waals surface area contributed by atoms with Crippen LogP contribution in [0.4, 0.5) is 0 Å². The van der Waals surface area contributed by atoms with E-state index in [0.29, 0.717) is 30.5 Å². The van der Waals surface area contributed by atoms with Gasteiger partial charge in [-0.2, -0.15) is 5.10 Å². The summed E-state index contributed by atoms with van der Waals surface area (Å²) >= 11 is 1.63. The molecule has 4 heterocycles. The third kappa shape index (κ3) is 2.91. The molecule has 1 aliphatic heterocycles. The van der Waals surface area contributed by atoms with Crippen LogP contribution in [0.3, 0.4) is 0 Å². The Hall–Kier alpha value is -2.52. The van der Waals surface area contributed by atoms with Crippen molar-refractivity contribution in [3.63, 3.8) is 0 Å². The fraction of sp³-hybridized carbons (Fsp3) is 0.524. The lowest BCUT2D eigenvalue weighted by Crippen LogP contribution is -2.36. The quantitative estimate of drug-likeness (QED) is 0.672. The maximum Gasteiger partial charge on any atom is 0.274 e. The number of nitrogens with one attached hydrogen (secondary N) is 1. The van der Waals surface area contributed by atoms with Crippen molar-refractivity contribution < 1.29 is 9.90 Å². The fourth-order valence-corrected chi connectivity index (χ4v) is 6.15. The average molecular weight is 425 g/mol. The first-order valence-corrected chi connectivity index (χ1v) is 11.5. The van der Waals surface area contributed by atoms with Crippen LogP contribution in [-0.4, -0.2) is 60.3 Å². The number of aromatic amines is 1. The predicted octanol–water partition coefficient (Wildman–Crippen LogP) is 2.30. The summed E-state index contributed by atoms with van der Waals surface area (Å²) in [7, 11) is 0. The summed E-state index contributed by atoms with van der Waals surface area (Å²) in [6.45, 7) is 1.42. The van der Waals surface area contributed by atoms with E-state index < -0.39 is 6.10 Å². The molecule has 0 bridgehead atoms. The van der Waals surface area contributed by atoms with Crippen LogP contribution in [0.2, 0.25) is 0 Å². The lowest BCUT2D eigenvalue weighted by atomic mass is 9.77. The van der Waals surface area contributed by atoms with Crippen molar-refractivity contribution in [1.82, 2.24) is 30.1 Å². The van der Waals surface area contributed by atoms with Crippen molar-refractivity contribution in [3.05, 3.63) is 40.7 Å².